The molecule has 0 radical (unpaired) electrons. The first-order chi connectivity index (χ1) is 1.73. The van der Waals surface area contributed by atoms with Crippen molar-refractivity contribution in [2.24, 2.45) is 0 Å². The van der Waals surface area contributed by atoms with E-state index in [9.17, 15) is 0 Å². The molecule has 0 aromatic rings. The summed E-state index contributed by atoms with van der Waals surface area (Å²) in [6, 6.07) is 0. The third-order valence-electron chi connectivity index (χ3n) is 0. The van der Waals surface area contributed by atoms with Crippen molar-refractivity contribution in [2.45, 2.75) is 0 Å². The minimum absolute atomic E-state index is 0. The van der Waals surface area contributed by atoms with Gasteiger partial charge in [0.15, 0.2) is 0 Å². The number of aliphatic hydroxyl groups excluding tert-OH is 1. The van der Waals surface area contributed by atoms with Crippen LogP contribution in [0.1, 0.15) is 0 Å². The number of rotatable bonds is 0. The summed E-state index contributed by atoms with van der Waals surface area (Å²) in [5.41, 5.74) is 0. The molecule has 0 aliphatic heterocycles. The first kappa shape index (κ1) is 9.20. The fourth-order valence-corrected chi connectivity index (χ4v) is 0. The summed E-state index contributed by atoms with van der Waals surface area (Å²) >= 11 is 7.81. The van der Waals surface area contributed by atoms with Gasteiger partial charge in [-0.05, 0) is 0 Å². The fourth-order valence-electron chi connectivity index (χ4n) is 0. The minimum Gasteiger partial charge on any atom is -0.528 e. The number of hydrogen-bond donors (Lipinski definition) is 1. The van der Waals surface area contributed by atoms with E-state index < -0.39 is 4.38 Å². The molecular formula is CHLiOS2. The van der Waals surface area contributed by atoms with E-state index in [0.29, 0.717) is 0 Å². The van der Waals surface area contributed by atoms with E-state index in [1.807, 2.05) is 0 Å². The fraction of sp³-hybridized carbons (Fsp3) is 0. The summed E-state index contributed by atoms with van der Waals surface area (Å²) in [6.45, 7) is 0. The normalized spacial score (nSPS) is 4.80. The zero-order valence-electron chi connectivity index (χ0n) is 2.76. The molecular weight excluding hydrogens is 99.1 g/mol. The molecule has 0 aliphatic rings. The van der Waals surface area contributed by atoms with Crippen LogP contribution in [0.4, 0.5) is 0 Å². The molecule has 0 spiro atoms. The standard InChI is InChI=1S/CH2OS2.Li/c2-1(3)4;/h(H2,2,3,4);/q;+1/p-1. The molecule has 5 heavy (non-hydrogen) atoms. The molecule has 4 heteroatoms. The summed E-state index contributed by atoms with van der Waals surface area (Å²) in [6.07, 6.45) is 0. The Morgan fingerprint density at radius 1 is 1.80 bits per heavy atom. The van der Waals surface area contributed by atoms with Gasteiger partial charge in [0, 0.05) is 4.38 Å². The van der Waals surface area contributed by atoms with Crippen molar-refractivity contribution < 1.29 is 24.0 Å². The second kappa shape index (κ2) is 4.71. The summed E-state index contributed by atoms with van der Waals surface area (Å²) in [5, 5.41) is 7.60. The van der Waals surface area contributed by atoms with Gasteiger partial charge in [0.1, 0.15) is 0 Å². The van der Waals surface area contributed by atoms with Gasteiger partial charge in [-0.3, -0.25) is 0 Å². The average molecular weight is 100 g/mol. The minimum atomic E-state index is -0.417. The Bertz CT molecular complexity index is 32.6. The SMILES string of the molecule is OC(=S)[S-].[Li+]. The van der Waals surface area contributed by atoms with Crippen molar-refractivity contribution in [3.05, 3.63) is 0 Å². The van der Waals surface area contributed by atoms with Crippen LogP contribution in [0.5, 0.6) is 0 Å². The maximum atomic E-state index is 7.60. The second-order valence-electron chi connectivity index (χ2n) is 0.266. The molecule has 1 nitrogen and oxygen atoms in total. The molecule has 0 fully saturated rings. The molecule has 0 saturated carbocycles. The van der Waals surface area contributed by atoms with Gasteiger partial charge < -0.3 is 30.0 Å². The van der Waals surface area contributed by atoms with Crippen LogP contribution in [0, 0.1) is 0 Å². The van der Waals surface area contributed by atoms with Crippen molar-refractivity contribution in [3.8, 4) is 0 Å². The summed E-state index contributed by atoms with van der Waals surface area (Å²) in [5.74, 6) is 0. The largest absolute Gasteiger partial charge is 1.00 e. The van der Waals surface area contributed by atoms with Gasteiger partial charge >= 0.3 is 18.9 Å². The van der Waals surface area contributed by atoms with Crippen LogP contribution in [-0.4, -0.2) is 9.49 Å². The molecule has 24 valence electrons. The third-order valence-corrected chi connectivity index (χ3v) is 0. The van der Waals surface area contributed by atoms with E-state index in [1.165, 1.54) is 0 Å². The van der Waals surface area contributed by atoms with Crippen LogP contribution < -0.4 is 18.9 Å². The molecule has 0 amide bonds. The van der Waals surface area contributed by atoms with Gasteiger partial charge in [0.25, 0.3) is 0 Å². The predicted molar refractivity (Wildman–Crippen MR) is 22.6 cm³/mol. The van der Waals surface area contributed by atoms with E-state index in [-0.39, 0.29) is 18.9 Å². The molecule has 0 saturated heterocycles. The van der Waals surface area contributed by atoms with Crippen molar-refractivity contribution in [1.29, 1.82) is 0 Å². The van der Waals surface area contributed by atoms with E-state index in [2.05, 4.69) is 24.8 Å². The smallest absolute Gasteiger partial charge is 0.528 e. The molecule has 1 N–H and O–H groups in total. The van der Waals surface area contributed by atoms with E-state index in [0.717, 1.165) is 0 Å². The average Bonchev–Trinajstić information content (AvgIpc) is 0.811. The molecule has 0 bridgehead atoms. The van der Waals surface area contributed by atoms with Gasteiger partial charge in [-0.1, -0.05) is 0 Å². The van der Waals surface area contributed by atoms with Crippen LogP contribution >= 0.6 is 12.2 Å². The van der Waals surface area contributed by atoms with Crippen LogP contribution in [0.3, 0.4) is 0 Å². The zero-order chi connectivity index (χ0) is 3.58. The van der Waals surface area contributed by atoms with Crippen LogP contribution in [-0.2, 0) is 12.6 Å². The first-order valence-electron chi connectivity index (χ1n) is 0.632. The quantitative estimate of drug-likeness (QED) is 0.204. The first-order valence-corrected chi connectivity index (χ1v) is 1.45. The molecule has 0 aliphatic carbocycles. The summed E-state index contributed by atoms with van der Waals surface area (Å²) in [4.78, 5) is 0. The van der Waals surface area contributed by atoms with Gasteiger partial charge in [-0.2, -0.15) is 0 Å². The number of hydrogen-bond acceptors (Lipinski definition) is 2. The molecule has 0 rings (SSSR count). The Hall–Kier alpha value is 0.707. The Kier molecular flexibility index (Phi) is 8.66. The number of aliphatic hydroxyl groups is 1. The summed E-state index contributed by atoms with van der Waals surface area (Å²) in [7, 11) is 0. The molecule has 0 unspecified atom stereocenters. The van der Waals surface area contributed by atoms with E-state index in [4.69, 9.17) is 5.11 Å². The van der Waals surface area contributed by atoms with E-state index in [1.54, 1.807) is 0 Å². The van der Waals surface area contributed by atoms with Crippen LogP contribution in [0.15, 0.2) is 0 Å². The monoisotopic (exact) mass is 100.0 g/mol. The molecule has 0 aromatic carbocycles. The van der Waals surface area contributed by atoms with Crippen LogP contribution in [0.25, 0.3) is 0 Å². The Morgan fingerprint density at radius 2 is 1.80 bits per heavy atom. The second-order valence-corrected chi connectivity index (χ2v) is 1.30. The Morgan fingerprint density at radius 3 is 1.80 bits per heavy atom. The van der Waals surface area contributed by atoms with Crippen molar-refractivity contribution in [3.63, 3.8) is 0 Å². The zero-order valence-corrected chi connectivity index (χ0v) is 4.40. The predicted octanol–water partition coefficient (Wildman–Crippen LogP) is -2.62. The van der Waals surface area contributed by atoms with Crippen molar-refractivity contribution in [1.82, 2.24) is 0 Å². The van der Waals surface area contributed by atoms with Crippen molar-refractivity contribution >= 4 is 29.2 Å². The van der Waals surface area contributed by atoms with Crippen LogP contribution in [0.2, 0.25) is 0 Å². The molecule has 0 aromatic heterocycles. The maximum absolute atomic E-state index is 7.60. The van der Waals surface area contributed by atoms with E-state index >= 15 is 0 Å². The Balaban J connectivity index is 0. The van der Waals surface area contributed by atoms with Gasteiger partial charge in [0.05, 0.1) is 0 Å². The van der Waals surface area contributed by atoms with Crippen molar-refractivity contribution in [2.75, 3.05) is 0 Å². The number of thiocarbonyl (C=S) groups is 1. The van der Waals surface area contributed by atoms with Gasteiger partial charge in [0.2, 0.25) is 0 Å². The summed E-state index contributed by atoms with van der Waals surface area (Å²) < 4.78 is -0.417. The topological polar surface area (TPSA) is 20.2 Å². The maximum Gasteiger partial charge on any atom is 1.00 e. The van der Waals surface area contributed by atoms with Gasteiger partial charge in [-0.15, -0.1) is 0 Å². The third kappa shape index (κ3) is 69.0. The molecule has 0 heterocycles. The Labute approximate surface area is 53.3 Å². The molecule has 0 atom stereocenters. The van der Waals surface area contributed by atoms with Gasteiger partial charge in [-0.25, -0.2) is 0 Å².